The van der Waals surface area contributed by atoms with E-state index < -0.39 is 6.16 Å². The summed E-state index contributed by atoms with van der Waals surface area (Å²) in [7, 11) is 0. The molecule has 2 aliphatic carbocycles. The average molecular weight is 415 g/mol. The summed E-state index contributed by atoms with van der Waals surface area (Å²) in [5.41, 5.74) is 0.693. The van der Waals surface area contributed by atoms with Gasteiger partial charge in [-0.3, -0.25) is 4.79 Å². The third-order valence-corrected chi connectivity index (χ3v) is 6.96. The minimum absolute atomic E-state index is 0.0433. The number of thiazole rings is 1. The molecule has 4 rings (SSSR count). The lowest BCUT2D eigenvalue weighted by Crippen LogP contribution is -2.48. The van der Waals surface area contributed by atoms with Crippen LogP contribution in [0.1, 0.15) is 72.8 Å². The molecule has 1 aromatic heterocycles. The van der Waals surface area contributed by atoms with E-state index in [4.69, 9.17) is 9.84 Å². The van der Waals surface area contributed by atoms with Crippen molar-refractivity contribution < 1.29 is 19.4 Å². The fourth-order valence-electron chi connectivity index (χ4n) is 4.46. The second-order valence-electron chi connectivity index (χ2n) is 7.90. The Kier molecular flexibility index (Phi) is 6.13. The highest BCUT2D eigenvalue weighted by molar-refractivity contribution is 7.09. The fraction of sp³-hybridized carbons (Fsp3) is 0.500. The second kappa shape index (κ2) is 8.95. The predicted octanol–water partition coefficient (Wildman–Crippen LogP) is 5.52. The second-order valence-corrected chi connectivity index (χ2v) is 8.79. The molecule has 0 radical (unpaired) electrons. The quantitative estimate of drug-likeness (QED) is 0.630. The van der Waals surface area contributed by atoms with Crippen LogP contribution in [0.25, 0.3) is 0 Å². The monoisotopic (exact) mass is 414 g/mol. The number of nitrogens with zero attached hydrogens (tertiary/aromatic N) is 2. The number of hydrogen-bond acceptors (Lipinski definition) is 5. The van der Waals surface area contributed by atoms with Crippen LogP contribution in [0.2, 0.25) is 0 Å². The van der Waals surface area contributed by atoms with E-state index >= 15 is 0 Å². The van der Waals surface area contributed by atoms with Crippen LogP contribution in [0.3, 0.4) is 0 Å². The first kappa shape index (κ1) is 19.9. The van der Waals surface area contributed by atoms with E-state index in [0.717, 1.165) is 50.0 Å². The highest BCUT2D eigenvalue weighted by atomic mass is 32.1. The third-order valence-electron chi connectivity index (χ3n) is 6.07. The number of rotatable bonds is 6. The molecule has 2 fully saturated rings. The van der Waals surface area contributed by atoms with Crippen LogP contribution in [-0.2, 0) is 0 Å². The van der Waals surface area contributed by atoms with Gasteiger partial charge in [0.2, 0.25) is 5.88 Å². The van der Waals surface area contributed by atoms with Crippen molar-refractivity contribution in [3.8, 4) is 5.88 Å². The van der Waals surface area contributed by atoms with Crippen LogP contribution in [0.5, 0.6) is 5.88 Å². The van der Waals surface area contributed by atoms with Gasteiger partial charge in [0.05, 0.1) is 11.4 Å². The minimum atomic E-state index is -1.37. The van der Waals surface area contributed by atoms with E-state index in [9.17, 15) is 9.59 Å². The van der Waals surface area contributed by atoms with Crippen molar-refractivity contribution in [2.45, 2.75) is 63.5 Å². The van der Waals surface area contributed by atoms with E-state index in [1.165, 1.54) is 17.8 Å². The molecule has 154 valence electrons. The normalized spacial score (nSPS) is 18.6. The lowest BCUT2D eigenvalue weighted by atomic mass is 9.80. The number of hydrogen-bond donors (Lipinski definition) is 1. The molecule has 1 N–H and O–H groups in total. The molecule has 7 heteroatoms. The molecule has 0 saturated heterocycles. The predicted molar refractivity (Wildman–Crippen MR) is 110 cm³/mol. The Hall–Kier alpha value is -2.41. The zero-order valence-electron chi connectivity index (χ0n) is 16.3. The van der Waals surface area contributed by atoms with Crippen molar-refractivity contribution in [2.75, 3.05) is 0 Å². The first-order valence-electron chi connectivity index (χ1n) is 10.4. The molecule has 6 nitrogen and oxygen atoms in total. The maximum absolute atomic E-state index is 13.6. The van der Waals surface area contributed by atoms with Crippen molar-refractivity contribution in [2.24, 2.45) is 5.92 Å². The summed E-state index contributed by atoms with van der Waals surface area (Å²) in [5.74, 6) is 0.474. The van der Waals surface area contributed by atoms with Crippen LogP contribution in [-0.4, -0.2) is 33.1 Å². The van der Waals surface area contributed by atoms with Gasteiger partial charge < -0.3 is 14.7 Å². The van der Waals surface area contributed by atoms with Gasteiger partial charge in [0.25, 0.3) is 5.91 Å². The van der Waals surface area contributed by atoms with Crippen molar-refractivity contribution >= 4 is 23.4 Å². The molecule has 1 amide bonds. The van der Waals surface area contributed by atoms with Gasteiger partial charge >= 0.3 is 6.16 Å². The van der Waals surface area contributed by atoms with E-state index in [-0.39, 0.29) is 23.9 Å². The first-order chi connectivity index (χ1) is 14.1. The van der Waals surface area contributed by atoms with Gasteiger partial charge in [-0.25, -0.2) is 9.78 Å². The molecule has 2 aromatic rings. The number of benzene rings is 1. The smallest absolute Gasteiger partial charge is 0.449 e. The highest BCUT2D eigenvalue weighted by Crippen LogP contribution is 2.44. The van der Waals surface area contributed by atoms with Gasteiger partial charge in [-0.1, -0.05) is 37.5 Å². The maximum Gasteiger partial charge on any atom is 0.512 e. The Balaban J connectivity index is 1.71. The van der Waals surface area contributed by atoms with Gasteiger partial charge in [0, 0.05) is 11.6 Å². The summed E-state index contributed by atoms with van der Waals surface area (Å²) in [6, 6.07) is 9.51. The van der Waals surface area contributed by atoms with Crippen LogP contribution in [0.15, 0.2) is 35.7 Å². The SMILES string of the molecule is O=C(O)Oc1csc(C(C2CCCCC2)N(C(=O)c2ccccc2)C2CCC2)n1. The number of ether oxygens (including phenoxy) is 1. The zero-order chi connectivity index (χ0) is 20.2. The number of carboxylic acid groups (broad SMARTS) is 1. The van der Waals surface area contributed by atoms with Crippen LogP contribution in [0, 0.1) is 5.92 Å². The summed E-state index contributed by atoms with van der Waals surface area (Å²) < 4.78 is 4.77. The average Bonchev–Trinajstić information content (AvgIpc) is 3.14. The third kappa shape index (κ3) is 4.45. The Morgan fingerprint density at radius 3 is 2.41 bits per heavy atom. The van der Waals surface area contributed by atoms with E-state index in [1.807, 2.05) is 30.3 Å². The van der Waals surface area contributed by atoms with Gasteiger partial charge in [0.1, 0.15) is 5.01 Å². The zero-order valence-corrected chi connectivity index (χ0v) is 17.1. The van der Waals surface area contributed by atoms with Crippen LogP contribution >= 0.6 is 11.3 Å². The summed E-state index contributed by atoms with van der Waals surface area (Å²) in [6.45, 7) is 0. The number of carbonyl (C=O) groups excluding carboxylic acids is 1. The molecular weight excluding hydrogens is 388 g/mol. The van der Waals surface area contributed by atoms with E-state index in [2.05, 4.69) is 9.88 Å². The lowest BCUT2D eigenvalue weighted by Gasteiger charge is -2.45. The lowest BCUT2D eigenvalue weighted by molar-refractivity contribution is 0.0264. The molecule has 0 aliphatic heterocycles. The minimum Gasteiger partial charge on any atom is -0.449 e. The molecule has 0 bridgehead atoms. The van der Waals surface area contributed by atoms with Crippen molar-refractivity contribution in [1.29, 1.82) is 0 Å². The summed E-state index contributed by atoms with van der Waals surface area (Å²) in [4.78, 5) is 31.1. The molecule has 1 aromatic carbocycles. The number of amides is 1. The fourth-order valence-corrected chi connectivity index (χ4v) is 5.37. The molecule has 1 atom stereocenters. The molecule has 1 unspecified atom stereocenters. The maximum atomic E-state index is 13.6. The van der Waals surface area contributed by atoms with Gasteiger partial charge in [0.15, 0.2) is 0 Å². The van der Waals surface area contributed by atoms with Crippen molar-refractivity contribution in [1.82, 2.24) is 9.88 Å². The summed E-state index contributed by atoms with van der Waals surface area (Å²) in [5, 5.41) is 11.3. The summed E-state index contributed by atoms with van der Waals surface area (Å²) in [6.07, 6.45) is 7.43. The Bertz CT molecular complexity index is 844. The molecule has 29 heavy (non-hydrogen) atoms. The van der Waals surface area contributed by atoms with Crippen molar-refractivity contribution in [3.05, 3.63) is 46.3 Å². The largest absolute Gasteiger partial charge is 0.512 e. The first-order valence-corrected chi connectivity index (χ1v) is 11.3. The van der Waals surface area contributed by atoms with Crippen LogP contribution in [0.4, 0.5) is 4.79 Å². The molecule has 2 saturated carbocycles. The molecular formula is C22H26N2O4S. The Morgan fingerprint density at radius 2 is 1.79 bits per heavy atom. The van der Waals surface area contributed by atoms with E-state index in [1.54, 1.807) is 5.38 Å². The van der Waals surface area contributed by atoms with Gasteiger partial charge in [-0.05, 0) is 50.2 Å². The topological polar surface area (TPSA) is 79.7 Å². The van der Waals surface area contributed by atoms with Crippen molar-refractivity contribution in [3.63, 3.8) is 0 Å². The summed E-state index contributed by atoms with van der Waals surface area (Å²) >= 11 is 1.39. The standard InChI is InChI=1S/C22H26N2O4S/c25-21(16-10-5-2-6-11-16)24(17-12-7-13-17)19(15-8-3-1-4-9-15)20-23-18(14-29-20)28-22(26)27/h2,5-6,10-11,14-15,17,19H,1,3-4,7-9,12-13H2,(H,26,27). The number of carbonyl (C=O) groups is 2. The molecule has 0 spiro atoms. The highest BCUT2D eigenvalue weighted by Gasteiger charge is 2.41. The molecule has 1 heterocycles. The molecule has 2 aliphatic rings. The Morgan fingerprint density at radius 1 is 1.07 bits per heavy atom. The Labute approximate surface area is 174 Å². The van der Waals surface area contributed by atoms with E-state index in [0.29, 0.717) is 11.5 Å². The van der Waals surface area contributed by atoms with Crippen LogP contribution < -0.4 is 4.74 Å². The van der Waals surface area contributed by atoms with Gasteiger partial charge in [-0.15, -0.1) is 11.3 Å². The van der Waals surface area contributed by atoms with Gasteiger partial charge in [-0.2, -0.15) is 0 Å². The number of aromatic nitrogens is 1.